The van der Waals surface area contributed by atoms with Gasteiger partial charge in [-0.05, 0) is 43.2 Å². The van der Waals surface area contributed by atoms with Gasteiger partial charge in [0.2, 0.25) is 5.91 Å². The molecule has 0 bridgehead atoms. The Balaban J connectivity index is 1.69. The third-order valence-corrected chi connectivity index (χ3v) is 6.78. The smallest absolute Gasteiger partial charge is 0.409 e. The molecular weight excluding hydrogens is 443 g/mol. The van der Waals surface area contributed by atoms with Gasteiger partial charge < -0.3 is 19.7 Å². The molecule has 0 fully saturated rings. The zero-order valence-corrected chi connectivity index (χ0v) is 18.9. The molecule has 3 rings (SSSR count). The second-order valence-corrected chi connectivity index (χ2v) is 8.94. The minimum atomic E-state index is -0.484. The Morgan fingerprint density at radius 1 is 1.26 bits per heavy atom. The normalized spacial score (nSPS) is 12.8. The first-order valence-electron chi connectivity index (χ1n) is 9.75. The van der Waals surface area contributed by atoms with E-state index < -0.39 is 12.1 Å². The zero-order valence-electron chi connectivity index (χ0n) is 17.2. The third-order valence-electron chi connectivity index (χ3n) is 4.63. The molecule has 7 nitrogen and oxygen atoms in total. The van der Waals surface area contributed by atoms with Crippen LogP contribution in [0.15, 0.2) is 29.2 Å². The van der Waals surface area contributed by atoms with Crippen LogP contribution in [0.2, 0.25) is 0 Å². The van der Waals surface area contributed by atoms with Crippen molar-refractivity contribution >= 4 is 46.1 Å². The van der Waals surface area contributed by atoms with Crippen molar-refractivity contribution in [2.24, 2.45) is 0 Å². The second kappa shape index (κ2) is 10.6. The van der Waals surface area contributed by atoms with Crippen LogP contribution in [0, 0.1) is 5.82 Å². The molecular formula is C21H23FN2O5S2. The summed E-state index contributed by atoms with van der Waals surface area (Å²) in [5, 5.41) is 3.27. The summed E-state index contributed by atoms with van der Waals surface area (Å²) in [5.41, 5.74) is 1.17. The standard InChI is InChI=1S/C21H23FN2O5S2/c1-3-29-20(26)18-15-8-10-24(21(27)28-2)12-16(15)31-19(18)23-17(25)9-11-30-14-6-4-13(22)5-7-14/h4-7H,3,8-12H2,1-2H3,(H,23,25). The monoisotopic (exact) mass is 466 g/mol. The van der Waals surface area contributed by atoms with Gasteiger partial charge in [-0.15, -0.1) is 23.1 Å². The first-order valence-corrected chi connectivity index (χ1v) is 11.6. The first-order chi connectivity index (χ1) is 14.9. The van der Waals surface area contributed by atoms with Crippen LogP contribution in [-0.4, -0.2) is 48.9 Å². The summed E-state index contributed by atoms with van der Waals surface area (Å²) in [5.74, 6) is -0.514. The number of nitrogens with zero attached hydrogens (tertiary/aromatic N) is 1. The molecule has 1 aliphatic rings. The largest absolute Gasteiger partial charge is 0.462 e. The molecule has 166 valence electrons. The van der Waals surface area contributed by atoms with Crippen LogP contribution < -0.4 is 5.32 Å². The van der Waals surface area contributed by atoms with Crippen LogP contribution in [0.1, 0.15) is 34.1 Å². The van der Waals surface area contributed by atoms with Gasteiger partial charge in [-0.2, -0.15) is 0 Å². The lowest BCUT2D eigenvalue weighted by molar-refractivity contribution is -0.115. The number of esters is 1. The Bertz CT molecular complexity index is 961. The average Bonchev–Trinajstić information content (AvgIpc) is 3.11. The van der Waals surface area contributed by atoms with Crippen molar-refractivity contribution in [2.45, 2.75) is 31.2 Å². The van der Waals surface area contributed by atoms with Gasteiger partial charge in [-0.1, -0.05) is 0 Å². The highest BCUT2D eigenvalue weighted by Gasteiger charge is 2.31. The van der Waals surface area contributed by atoms with Crippen LogP contribution in [0.4, 0.5) is 14.2 Å². The fraction of sp³-hybridized carbons (Fsp3) is 0.381. The zero-order chi connectivity index (χ0) is 22.4. The van der Waals surface area contributed by atoms with E-state index in [1.807, 2.05) is 0 Å². The number of hydrogen-bond acceptors (Lipinski definition) is 7. The number of anilines is 1. The van der Waals surface area contributed by atoms with Crippen LogP contribution in [0.25, 0.3) is 0 Å². The quantitative estimate of drug-likeness (QED) is 0.484. The summed E-state index contributed by atoms with van der Waals surface area (Å²) in [4.78, 5) is 40.2. The lowest BCUT2D eigenvalue weighted by atomic mass is 10.0. The van der Waals surface area contributed by atoms with Gasteiger partial charge in [-0.25, -0.2) is 14.0 Å². The Hall–Kier alpha value is -2.59. The van der Waals surface area contributed by atoms with Crippen LogP contribution in [-0.2, 0) is 27.2 Å². The Morgan fingerprint density at radius 2 is 2.00 bits per heavy atom. The topological polar surface area (TPSA) is 84.9 Å². The van der Waals surface area contributed by atoms with Gasteiger partial charge in [-0.3, -0.25) is 4.79 Å². The van der Waals surface area contributed by atoms with E-state index in [0.717, 1.165) is 15.3 Å². The van der Waals surface area contributed by atoms with Crippen molar-refractivity contribution in [2.75, 3.05) is 31.3 Å². The molecule has 1 N–H and O–H groups in total. The molecule has 0 spiro atoms. The predicted molar refractivity (Wildman–Crippen MR) is 117 cm³/mol. The van der Waals surface area contributed by atoms with E-state index in [1.54, 1.807) is 24.0 Å². The van der Waals surface area contributed by atoms with E-state index in [2.05, 4.69) is 5.32 Å². The van der Waals surface area contributed by atoms with E-state index in [0.29, 0.717) is 35.8 Å². The summed E-state index contributed by atoms with van der Waals surface area (Å²) in [7, 11) is 1.33. The van der Waals surface area contributed by atoms with E-state index in [4.69, 9.17) is 9.47 Å². The summed E-state index contributed by atoms with van der Waals surface area (Å²) < 4.78 is 23.0. The molecule has 0 saturated carbocycles. The molecule has 0 radical (unpaired) electrons. The second-order valence-electron chi connectivity index (χ2n) is 6.67. The van der Waals surface area contributed by atoms with Gasteiger partial charge in [0, 0.05) is 28.5 Å². The van der Waals surface area contributed by atoms with E-state index in [1.165, 1.54) is 42.3 Å². The minimum absolute atomic E-state index is 0.222. The minimum Gasteiger partial charge on any atom is -0.462 e. The van der Waals surface area contributed by atoms with E-state index >= 15 is 0 Å². The SMILES string of the molecule is CCOC(=O)c1c(NC(=O)CCSc2ccc(F)cc2)sc2c1CCN(C(=O)OC)C2. The van der Waals surface area contributed by atoms with Crippen molar-refractivity contribution in [3.8, 4) is 0 Å². The molecule has 10 heteroatoms. The molecule has 1 aromatic heterocycles. The number of hydrogen-bond donors (Lipinski definition) is 1. The summed E-state index contributed by atoms with van der Waals surface area (Å²) >= 11 is 2.72. The summed E-state index contributed by atoms with van der Waals surface area (Å²) in [6.45, 7) is 2.68. The maximum atomic E-state index is 13.0. The molecule has 0 saturated heterocycles. The summed E-state index contributed by atoms with van der Waals surface area (Å²) in [6.07, 6.45) is 0.270. The number of amides is 2. The number of methoxy groups -OCH3 is 1. The number of benzene rings is 1. The highest BCUT2D eigenvalue weighted by atomic mass is 32.2. The lowest BCUT2D eigenvalue weighted by Crippen LogP contribution is -2.35. The summed E-state index contributed by atoms with van der Waals surface area (Å²) in [6, 6.07) is 6.08. The van der Waals surface area contributed by atoms with Crippen LogP contribution in [0.3, 0.4) is 0 Å². The van der Waals surface area contributed by atoms with Crippen molar-refractivity contribution in [1.29, 1.82) is 0 Å². The molecule has 2 heterocycles. The first kappa shape index (κ1) is 23.1. The maximum absolute atomic E-state index is 13.0. The number of carbonyl (C=O) groups excluding carboxylic acids is 3. The number of halogens is 1. The maximum Gasteiger partial charge on any atom is 0.409 e. The number of rotatable bonds is 7. The fourth-order valence-corrected chi connectivity index (χ4v) is 5.30. The van der Waals surface area contributed by atoms with Crippen molar-refractivity contribution in [3.05, 3.63) is 46.1 Å². The van der Waals surface area contributed by atoms with Crippen LogP contribution in [0.5, 0.6) is 0 Å². The molecule has 31 heavy (non-hydrogen) atoms. The van der Waals surface area contributed by atoms with E-state index in [9.17, 15) is 18.8 Å². The van der Waals surface area contributed by atoms with Gasteiger partial charge in [0.25, 0.3) is 0 Å². The number of fused-ring (bicyclic) bond motifs is 1. The van der Waals surface area contributed by atoms with Gasteiger partial charge in [0.1, 0.15) is 10.8 Å². The fourth-order valence-electron chi connectivity index (χ4n) is 3.18. The number of carbonyl (C=O) groups is 3. The van der Waals surface area contributed by atoms with E-state index in [-0.39, 0.29) is 24.8 Å². The molecule has 1 aromatic carbocycles. The number of ether oxygens (including phenoxy) is 2. The molecule has 0 atom stereocenters. The van der Waals surface area contributed by atoms with Crippen LogP contribution >= 0.6 is 23.1 Å². The molecule has 1 aliphatic heterocycles. The van der Waals surface area contributed by atoms with Crippen molar-refractivity contribution in [1.82, 2.24) is 4.90 Å². The van der Waals surface area contributed by atoms with Gasteiger partial charge in [0.05, 0.1) is 25.8 Å². The third kappa shape index (κ3) is 5.76. The predicted octanol–water partition coefficient (Wildman–Crippen LogP) is 4.31. The average molecular weight is 467 g/mol. The highest BCUT2D eigenvalue weighted by Crippen LogP contribution is 2.38. The molecule has 0 unspecified atom stereocenters. The van der Waals surface area contributed by atoms with Crippen molar-refractivity contribution < 1.29 is 28.2 Å². The molecule has 2 aromatic rings. The van der Waals surface area contributed by atoms with Gasteiger partial charge >= 0.3 is 12.1 Å². The number of thioether (sulfide) groups is 1. The van der Waals surface area contributed by atoms with Gasteiger partial charge in [0.15, 0.2) is 0 Å². The Morgan fingerprint density at radius 3 is 2.68 bits per heavy atom. The number of thiophene rings is 1. The Labute approximate surface area is 187 Å². The van der Waals surface area contributed by atoms with Crippen molar-refractivity contribution in [3.63, 3.8) is 0 Å². The molecule has 2 amide bonds. The number of nitrogens with one attached hydrogen (secondary N) is 1. The lowest BCUT2D eigenvalue weighted by Gasteiger charge is -2.25. The Kier molecular flexibility index (Phi) is 7.91. The molecule has 0 aliphatic carbocycles. The highest BCUT2D eigenvalue weighted by molar-refractivity contribution is 7.99.